The topological polar surface area (TPSA) is 97.1 Å². The number of imidazole rings is 1. The highest BCUT2D eigenvalue weighted by molar-refractivity contribution is 5.99. The van der Waals surface area contributed by atoms with E-state index in [1.165, 1.54) is 0 Å². The fourth-order valence-corrected chi connectivity index (χ4v) is 2.91. The van der Waals surface area contributed by atoms with E-state index in [2.05, 4.69) is 15.3 Å². The Balaban J connectivity index is 1.85. The number of anilines is 1. The molecule has 1 aliphatic rings. The van der Waals surface area contributed by atoms with Gasteiger partial charge in [0.05, 0.1) is 11.8 Å². The summed E-state index contributed by atoms with van der Waals surface area (Å²) >= 11 is 0. The average molecular weight is 288 g/mol. The highest BCUT2D eigenvalue weighted by atomic mass is 16.4. The van der Waals surface area contributed by atoms with Gasteiger partial charge >= 0.3 is 5.97 Å². The van der Waals surface area contributed by atoms with Crippen molar-refractivity contribution in [2.24, 2.45) is 24.3 Å². The minimum atomic E-state index is -0.938. The Bertz CT molecular complexity index is 750. The number of hydrogen-bond acceptors (Lipinski definition) is 4. The number of aliphatic carboxylic acids is 1. The first-order chi connectivity index (χ1) is 9.84. The van der Waals surface area contributed by atoms with Gasteiger partial charge in [0.1, 0.15) is 5.52 Å². The van der Waals surface area contributed by atoms with Gasteiger partial charge in [0.15, 0.2) is 5.65 Å². The minimum absolute atomic E-state index is 0.314. The van der Waals surface area contributed by atoms with Crippen molar-refractivity contribution >= 4 is 29.0 Å². The number of carboxylic acids is 1. The van der Waals surface area contributed by atoms with Crippen LogP contribution in [0, 0.1) is 17.3 Å². The minimum Gasteiger partial charge on any atom is -0.481 e. The summed E-state index contributed by atoms with van der Waals surface area (Å²) < 4.78 is 1.68. The predicted molar refractivity (Wildman–Crippen MR) is 75.5 cm³/mol. The van der Waals surface area contributed by atoms with Gasteiger partial charge in [0.25, 0.3) is 0 Å². The van der Waals surface area contributed by atoms with Crippen LogP contribution in [0.15, 0.2) is 18.3 Å². The molecule has 2 N–H and O–H groups in total. The van der Waals surface area contributed by atoms with Crippen LogP contribution >= 0.6 is 0 Å². The third-order valence-corrected chi connectivity index (χ3v) is 4.24. The van der Waals surface area contributed by atoms with Gasteiger partial charge in [-0.3, -0.25) is 19.5 Å². The molecule has 1 saturated carbocycles. The maximum atomic E-state index is 12.3. The fourth-order valence-electron chi connectivity index (χ4n) is 2.91. The second-order valence-corrected chi connectivity index (χ2v) is 5.94. The lowest BCUT2D eigenvalue weighted by atomic mass is 10.1. The van der Waals surface area contributed by atoms with Crippen LogP contribution in [0.25, 0.3) is 11.2 Å². The zero-order valence-corrected chi connectivity index (χ0v) is 12.0. The number of amides is 1. The highest BCUT2D eigenvalue weighted by Gasteiger charge is 2.66. The molecule has 110 valence electrons. The quantitative estimate of drug-likeness (QED) is 0.886. The molecule has 7 nitrogen and oxygen atoms in total. The number of aryl methyl sites for hydroxylation is 1. The molecule has 1 amide bonds. The monoisotopic (exact) mass is 288 g/mol. The summed E-state index contributed by atoms with van der Waals surface area (Å²) in [7, 11) is 1.75. The van der Waals surface area contributed by atoms with Gasteiger partial charge in [-0.05, 0) is 17.5 Å². The second-order valence-electron chi connectivity index (χ2n) is 5.94. The van der Waals surface area contributed by atoms with Crippen LogP contribution in [-0.2, 0) is 16.6 Å². The molecule has 2 heterocycles. The van der Waals surface area contributed by atoms with Crippen LogP contribution in [0.5, 0.6) is 0 Å². The third-order valence-electron chi connectivity index (χ3n) is 4.24. The lowest BCUT2D eigenvalue weighted by molar-refractivity contribution is -0.140. The van der Waals surface area contributed by atoms with E-state index in [0.717, 1.165) is 0 Å². The van der Waals surface area contributed by atoms with Crippen LogP contribution in [-0.4, -0.2) is 31.5 Å². The molecule has 0 unspecified atom stereocenters. The van der Waals surface area contributed by atoms with Crippen molar-refractivity contribution in [1.29, 1.82) is 0 Å². The molecule has 0 spiro atoms. The summed E-state index contributed by atoms with van der Waals surface area (Å²) in [5.74, 6) is -2.06. The maximum Gasteiger partial charge on any atom is 0.307 e. The van der Waals surface area contributed by atoms with Gasteiger partial charge in [-0.25, -0.2) is 9.97 Å². The molecular weight excluding hydrogens is 272 g/mol. The van der Waals surface area contributed by atoms with Gasteiger partial charge in [-0.1, -0.05) is 13.8 Å². The molecule has 0 radical (unpaired) electrons. The third kappa shape index (κ3) is 1.96. The first-order valence-corrected chi connectivity index (χ1v) is 6.65. The van der Waals surface area contributed by atoms with Crippen molar-refractivity contribution in [3.05, 3.63) is 18.3 Å². The van der Waals surface area contributed by atoms with Crippen molar-refractivity contribution in [3.8, 4) is 0 Å². The average Bonchev–Trinajstić information content (AvgIpc) is 2.87. The zero-order chi connectivity index (χ0) is 15.4. The molecule has 2 aromatic rings. The van der Waals surface area contributed by atoms with E-state index in [1.807, 2.05) is 0 Å². The second kappa shape index (κ2) is 4.28. The molecule has 0 aromatic carbocycles. The molecule has 3 rings (SSSR count). The number of carbonyl (C=O) groups excluding carboxylic acids is 1. The van der Waals surface area contributed by atoms with Crippen LogP contribution in [0.4, 0.5) is 5.95 Å². The number of pyridine rings is 1. The molecular formula is C14H16N4O3. The van der Waals surface area contributed by atoms with Crippen LogP contribution < -0.4 is 5.32 Å². The fraction of sp³-hybridized carbons (Fsp3) is 0.429. The number of carbonyl (C=O) groups is 2. The zero-order valence-electron chi connectivity index (χ0n) is 12.0. The van der Waals surface area contributed by atoms with Crippen molar-refractivity contribution in [3.63, 3.8) is 0 Å². The van der Waals surface area contributed by atoms with Crippen LogP contribution in [0.3, 0.4) is 0 Å². The van der Waals surface area contributed by atoms with Gasteiger partial charge in [0.2, 0.25) is 11.9 Å². The Morgan fingerprint density at radius 1 is 1.38 bits per heavy atom. The smallest absolute Gasteiger partial charge is 0.307 e. The van der Waals surface area contributed by atoms with E-state index in [1.54, 1.807) is 43.8 Å². The predicted octanol–water partition coefficient (Wildman–Crippen LogP) is 1.26. The normalized spacial score (nSPS) is 23.0. The van der Waals surface area contributed by atoms with E-state index in [0.29, 0.717) is 17.1 Å². The molecule has 0 aliphatic heterocycles. The first-order valence-electron chi connectivity index (χ1n) is 6.65. The van der Waals surface area contributed by atoms with Crippen molar-refractivity contribution in [2.75, 3.05) is 5.32 Å². The first kappa shape index (κ1) is 13.5. The number of hydrogen-bond donors (Lipinski definition) is 2. The highest BCUT2D eigenvalue weighted by Crippen LogP contribution is 2.58. The van der Waals surface area contributed by atoms with Crippen molar-refractivity contribution < 1.29 is 14.7 Å². The molecule has 2 aromatic heterocycles. The van der Waals surface area contributed by atoms with Gasteiger partial charge < -0.3 is 5.11 Å². The number of aromatic nitrogens is 3. The van der Waals surface area contributed by atoms with Crippen molar-refractivity contribution in [2.45, 2.75) is 13.8 Å². The molecule has 1 fully saturated rings. The summed E-state index contributed by atoms with van der Waals surface area (Å²) in [6.45, 7) is 3.57. The number of fused-ring (bicyclic) bond motifs is 1. The van der Waals surface area contributed by atoms with Gasteiger partial charge in [-0.15, -0.1) is 0 Å². The summed E-state index contributed by atoms with van der Waals surface area (Å²) in [6, 6.07) is 3.57. The largest absolute Gasteiger partial charge is 0.481 e. The summed E-state index contributed by atoms with van der Waals surface area (Å²) in [6.07, 6.45) is 1.65. The lowest BCUT2D eigenvalue weighted by Gasteiger charge is -2.05. The Morgan fingerprint density at radius 3 is 2.67 bits per heavy atom. The molecule has 21 heavy (non-hydrogen) atoms. The van der Waals surface area contributed by atoms with Crippen LogP contribution in [0.1, 0.15) is 13.8 Å². The maximum absolute atomic E-state index is 12.3. The number of rotatable bonds is 3. The van der Waals surface area contributed by atoms with E-state index in [4.69, 9.17) is 5.11 Å². The van der Waals surface area contributed by atoms with E-state index < -0.39 is 23.2 Å². The molecule has 2 atom stereocenters. The van der Waals surface area contributed by atoms with E-state index in [9.17, 15) is 9.59 Å². The Morgan fingerprint density at radius 2 is 2.10 bits per heavy atom. The van der Waals surface area contributed by atoms with Crippen LogP contribution in [0.2, 0.25) is 0 Å². The number of nitrogens with zero attached hydrogens (tertiary/aromatic N) is 3. The summed E-state index contributed by atoms with van der Waals surface area (Å²) in [5.41, 5.74) is 0.816. The molecule has 7 heteroatoms. The summed E-state index contributed by atoms with van der Waals surface area (Å²) in [5, 5.41) is 11.8. The van der Waals surface area contributed by atoms with Gasteiger partial charge in [0, 0.05) is 13.2 Å². The number of carboxylic acid groups (broad SMARTS) is 1. The summed E-state index contributed by atoms with van der Waals surface area (Å²) in [4.78, 5) is 31.9. The Labute approximate surface area is 121 Å². The van der Waals surface area contributed by atoms with Gasteiger partial charge in [-0.2, -0.15) is 0 Å². The molecule has 0 saturated heterocycles. The molecule has 1 aliphatic carbocycles. The Kier molecular flexibility index (Phi) is 2.76. The van der Waals surface area contributed by atoms with Crippen molar-refractivity contribution in [1.82, 2.24) is 14.5 Å². The SMILES string of the molecule is Cn1c(NC(=O)[C@@H]2[C@H](C(=O)O)C2(C)C)nc2cccnc21. The molecule has 0 bridgehead atoms. The Hall–Kier alpha value is -2.44. The standard InChI is InChI=1S/C14H16N4O3/c1-14(2)8(9(14)12(20)21)11(19)17-13-16-7-5-4-6-15-10(7)18(13)3/h4-6,8-9H,1-3H3,(H,20,21)(H,16,17,19)/t8-,9+/m0/s1. The van der Waals surface area contributed by atoms with E-state index in [-0.39, 0.29) is 5.91 Å². The number of nitrogens with one attached hydrogen (secondary N) is 1. The lowest BCUT2D eigenvalue weighted by Crippen LogP contribution is -2.20. The van der Waals surface area contributed by atoms with E-state index >= 15 is 0 Å².